The molecular weight excluding hydrogens is 314 g/mol. The van der Waals surface area contributed by atoms with Crippen molar-refractivity contribution in [3.8, 4) is 5.82 Å². The molecule has 23 heavy (non-hydrogen) atoms. The van der Waals surface area contributed by atoms with Gasteiger partial charge in [-0.05, 0) is 44.9 Å². The van der Waals surface area contributed by atoms with Crippen molar-refractivity contribution in [1.29, 1.82) is 0 Å². The Morgan fingerprint density at radius 2 is 2.22 bits per heavy atom. The summed E-state index contributed by atoms with van der Waals surface area (Å²) in [5.41, 5.74) is 7.87. The number of nitrogens with zero attached hydrogens (tertiary/aromatic N) is 4. The maximum atomic E-state index is 12.8. The molecule has 1 aliphatic heterocycles. The molecule has 1 saturated heterocycles. The highest BCUT2D eigenvalue weighted by molar-refractivity contribution is 6.33. The van der Waals surface area contributed by atoms with Crippen molar-refractivity contribution >= 4 is 17.5 Å². The summed E-state index contributed by atoms with van der Waals surface area (Å²) in [4.78, 5) is 19.0. The first-order valence-corrected chi connectivity index (χ1v) is 8.10. The van der Waals surface area contributed by atoms with Crippen LogP contribution in [0.4, 0.5) is 0 Å². The van der Waals surface area contributed by atoms with Gasteiger partial charge >= 0.3 is 0 Å². The first kappa shape index (κ1) is 16.0. The van der Waals surface area contributed by atoms with E-state index in [4.69, 9.17) is 17.3 Å². The Kier molecular flexibility index (Phi) is 4.37. The van der Waals surface area contributed by atoms with Gasteiger partial charge in [-0.15, -0.1) is 0 Å². The lowest BCUT2D eigenvalue weighted by molar-refractivity contribution is 0.0735. The number of hydrogen-bond acceptors (Lipinski definition) is 4. The van der Waals surface area contributed by atoms with Gasteiger partial charge in [0.2, 0.25) is 0 Å². The Bertz CT molecular complexity index is 742. The van der Waals surface area contributed by atoms with E-state index in [2.05, 4.69) is 10.1 Å². The Hall–Kier alpha value is -1.92. The van der Waals surface area contributed by atoms with E-state index in [1.165, 1.54) is 0 Å². The Morgan fingerprint density at radius 1 is 1.43 bits per heavy atom. The van der Waals surface area contributed by atoms with Crippen LogP contribution < -0.4 is 5.73 Å². The van der Waals surface area contributed by atoms with Crippen molar-refractivity contribution in [2.45, 2.75) is 32.7 Å². The summed E-state index contributed by atoms with van der Waals surface area (Å²) < 4.78 is 1.72. The molecule has 1 aliphatic rings. The van der Waals surface area contributed by atoms with Gasteiger partial charge in [0.05, 0.1) is 10.7 Å². The van der Waals surface area contributed by atoms with Gasteiger partial charge in [0, 0.05) is 24.8 Å². The number of nitrogens with two attached hydrogens (primary N) is 1. The molecule has 1 unspecified atom stereocenters. The van der Waals surface area contributed by atoms with Crippen molar-refractivity contribution in [2.75, 3.05) is 13.1 Å². The van der Waals surface area contributed by atoms with Crippen LogP contribution in [-0.2, 0) is 0 Å². The van der Waals surface area contributed by atoms with E-state index in [0.717, 1.165) is 24.2 Å². The van der Waals surface area contributed by atoms with Crippen LogP contribution in [0.15, 0.2) is 18.2 Å². The third-order valence-electron chi connectivity index (χ3n) is 4.17. The van der Waals surface area contributed by atoms with Crippen LogP contribution in [0, 0.1) is 13.8 Å². The molecule has 2 aromatic rings. The molecule has 2 N–H and O–H groups in total. The predicted octanol–water partition coefficient (Wildman–Crippen LogP) is 2.10. The maximum absolute atomic E-state index is 12.8. The summed E-state index contributed by atoms with van der Waals surface area (Å²) in [6, 6.07) is 5.49. The van der Waals surface area contributed by atoms with Gasteiger partial charge in [0.15, 0.2) is 5.82 Å². The van der Waals surface area contributed by atoms with Crippen LogP contribution in [0.2, 0.25) is 5.02 Å². The highest BCUT2D eigenvalue weighted by Crippen LogP contribution is 2.23. The van der Waals surface area contributed by atoms with E-state index in [0.29, 0.717) is 23.9 Å². The van der Waals surface area contributed by atoms with E-state index >= 15 is 0 Å². The molecule has 0 aliphatic carbocycles. The standard InChI is InChI=1S/C16H20ClN5O/c1-10-8-11(2)22(20-10)14-6-5-13(17)15(19-14)16(23)21-7-3-4-12(21)9-18/h5-6,8,12H,3-4,7,9,18H2,1-2H3. The Morgan fingerprint density at radius 3 is 2.87 bits per heavy atom. The Balaban J connectivity index is 1.98. The largest absolute Gasteiger partial charge is 0.333 e. The fraction of sp³-hybridized carbons (Fsp3) is 0.438. The quantitative estimate of drug-likeness (QED) is 0.933. The minimum Gasteiger partial charge on any atom is -0.333 e. The molecule has 0 aromatic carbocycles. The third-order valence-corrected chi connectivity index (χ3v) is 4.48. The summed E-state index contributed by atoms with van der Waals surface area (Å²) >= 11 is 6.22. The normalized spacial score (nSPS) is 17.7. The SMILES string of the molecule is Cc1cc(C)n(-c2ccc(Cl)c(C(=O)N3CCCC3CN)n2)n1. The summed E-state index contributed by atoms with van der Waals surface area (Å²) in [7, 11) is 0. The van der Waals surface area contributed by atoms with Crippen LogP contribution in [0.25, 0.3) is 5.82 Å². The average molecular weight is 334 g/mol. The van der Waals surface area contributed by atoms with Crippen LogP contribution in [0.3, 0.4) is 0 Å². The zero-order valence-corrected chi connectivity index (χ0v) is 14.0. The highest BCUT2D eigenvalue weighted by atomic mass is 35.5. The molecule has 2 aromatic heterocycles. The lowest BCUT2D eigenvalue weighted by Gasteiger charge is -2.23. The number of rotatable bonds is 3. The van der Waals surface area contributed by atoms with E-state index < -0.39 is 0 Å². The van der Waals surface area contributed by atoms with E-state index in [-0.39, 0.29) is 17.6 Å². The molecule has 7 heteroatoms. The first-order valence-electron chi connectivity index (χ1n) is 7.72. The predicted molar refractivity (Wildman–Crippen MR) is 89.0 cm³/mol. The van der Waals surface area contributed by atoms with Gasteiger partial charge in [-0.3, -0.25) is 4.79 Å². The topological polar surface area (TPSA) is 77.0 Å². The molecule has 0 bridgehead atoms. The second-order valence-electron chi connectivity index (χ2n) is 5.87. The lowest BCUT2D eigenvalue weighted by Crippen LogP contribution is -2.40. The monoisotopic (exact) mass is 333 g/mol. The zero-order valence-electron chi connectivity index (χ0n) is 13.3. The van der Waals surface area contributed by atoms with Crippen molar-refractivity contribution in [3.05, 3.63) is 40.3 Å². The number of aryl methyl sites for hydroxylation is 2. The summed E-state index contributed by atoms with van der Waals surface area (Å²) in [5.74, 6) is 0.429. The number of pyridine rings is 1. The summed E-state index contributed by atoms with van der Waals surface area (Å²) in [6.07, 6.45) is 1.89. The van der Waals surface area contributed by atoms with Crippen molar-refractivity contribution in [1.82, 2.24) is 19.7 Å². The number of carbonyl (C=O) groups is 1. The van der Waals surface area contributed by atoms with Crippen LogP contribution in [0.5, 0.6) is 0 Å². The first-order chi connectivity index (χ1) is 11.0. The van der Waals surface area contributed by atoms with Crippen LogP contribution in [0.1, 0.15) is 34.7 Å². The maximum Gasteiger partial charge on any atom is 0.274 e. The van der Waals surface area contributed by atoms with Gasteiger partial charge in [-0.1, -0.05) is 11.6 Å². The molecule has 1 amide bonds. The molecular formula is C16H20ClN5O. The number of carbonyl (C=O) groups excluding carboxylic acids is 1. The second kappa shape index (κ2) is 6.29. The van der Waals surface area contributed by atoms with Crippen molar-refractivity contribution in [3.63, 3.8) is 0 Å². The second-order valence-corrected chi connectivity index (χ2v) is 6.28. The number of halogens is 1. The van der Waals surface area contributed by atoms with Gasteiger partial charge in [-0.25, -0.2) is 9.67 Å². The zero-order chi connectivity index (χ0) is 16.6. The van der Waals surface area contributed by atoms with Gasteiger partial charge < -0.3 is 10.6 Å². The highest BCUT2D eigenvalue weighted by Gasteiger charge is 2.30. The fourth-order valence-electron chi connectivity index (χ4n) is 3.04. The van der Waals surface area contributed by atoms with E-state index in [9.17, 15) is 4.79 Å². The van der Waals surface area contributed by atoms with Crippen molar-refractivity contribution < 1.29 is 4.79 Å². The summed E-state index contributed by atoms with van der Waals surface area (Å²) in [6.45, 7) is 5.02. The molecule has 0 spiro atoms. The summed E-state index contributed by atoms with van der Waals surface area (Å²) in [5, 5.41) is 4.76. The number of aromatic nitrogens is 3. The molecule has 0 saturated carbocycles. The lowest BCUT2D eigenvalue weighted by atomic mass is 10.2. The minimum atomic E-state index is -0.161. The Labute approximate surface area is 140 Å². The molecule has 3 heterocycles. The molecule has 3 rings (SSSR count). The number of amides is 1. The molecule has 1 fully saturated rings. The van der Waals surface area contributed by atoms with Crippen LogP contribution >= 0.6 is 11.6 Å². The number of hydrogen-bond donors (Lipinski definition) is 1. The molecule has 6 nitrogen and oxygen atoms in total. The van der Waals surface area contributed by atoms with E-state index in [1.807, 2.05) is 19.9 Å². The molecule has 1 atom stereocenters. The minimum absolute atomic E-state index is 0.0673. The third kappa shape index (κ3) is 2.96. The smallest absolute Gasteiger partial charge is 0.274 e. The van der Waals surface area contributed by atoms with Gasteiger partial charge in [0.25, 0.3) is 5.91 Å². The van der Waals surface area contributed by atoms with Crippen molar-refractivity contribution in [2.24, 2.45) is 5.73 Å². The number of likely N-dealkylation sites (tertiary alicyclic amines) is 1. The molecule has 122 valence electrons. The fourth-order valence-corrected chi connectivity index (χ4v) is 3.23. The van der Waals surface area contributed by atoms with Gasteiger partial charge in [-0.2, -0.15) is 5.10 Å². The average Bonchev–Trinajstić information content (AvgIpc) is 3.13. The van der Waals surface area contributed by atoms with Crippen LogP contribution in [-0.4, -0.2) is 44.7 Å². The van der Waals surface area contributed by atoms with E-state index in [1.54, 1.807) is 21.7 Å². The molecule has 0 radical (unpaired) electrons. The van der Waals surface area contributed by atoms with Gasteiger partial charge in [0.1, 0.15) is 5.69 Å².